The standard InChI is InChI=1S/C22H30O7/c1-5-12-29-15-10-8-14(9-11-15)17-18(20(24)27-6-2)16(23)13-22(4,26)19(17)21(25)28-7-3/h8-11,17-19,26H,5-7,12-13H2,1-4H3/t17-,18+,19+,22-/m1/s1. The molecule has 1 aromatic rings. The first-order valence-corrected chi connectivity index (χ1v) is 10.1. The summed E-state index contributed by atoms with van der Waals surface area (Å²) in [7, 11) is 0. The summed E-state index contributed by atoms with van der Waals surface area (Å²) in [5.74, 6) is -4.32. The third-order valence-electron chi connectivity index (χ3n) is 5.09. The van der Waals surface area contributed by atoms with Gasteiger partial charge in [-0.3, -0.25) is 14.4 Å². The highest BCUT2D eigenvalue weighted by Gasteiger charge is 2.57. The predicted molar refractivity (Wildman–Crippen MR) is 105 cm³/mol. The minimum Gasteiger partial charge on any atom is -0.494 e. The van der Waals surface area contributed by atoms with E-state index in [1.54, 1.807) is 38.1 Å². The van der Waals surface area contributed by atoms with Gasteiger partial charge in [-0.05, 0) is 44.9 Å². The Kier molecular flexibility index (Phi) is 7.79. The topological polar surface area (TPSA) is 99.1 Å². The van der Waals surface area contributed by atoms with Crippen molar-refractivity contribution in [2.75, 3.05) is 19.8 Å². The Balaban J connectivity index is 2.52. The molecule has 0 amide bonds. The SMILES string of the molecule is CCCOc1ccc([C@@H]2[C@@H](C(=O)OCC)C(=O)C[C@@](C)(O)[C@@H]2C(=O)OCC)cc1. The van der Waals surface area contributed by atoms with Crippen molar-refractivity contribution in [2.45, 2.75) is 52.1 Å². The summed E-state index contributed by atoms with van der Waals surface area (Å²) in [4.78, 5) is 38.2. The highest BCUT2D eigenvalue weighted by atomic mass is 16.5. The zero-order chi connectivity index (χ0) is 21.6. The van der Waals surface area contributed by atoms with Crippen LogP contribution in [0.25, 0.3) is 0 Å². The van der Waals surface area contributed by atoms with Gasteiger partial charge in [0.2, 0.25) is 0 Å². The lowest BCUT2D eigenvalue weighted by Crippen LogP contribution is -2.55. The number of Topliss-reactive ketones (excluding diaryl/α,β-unsaturated/α-hetero) is 1. The molecule has 1 saturated carbocycles. The van der Waals surface area contributed by atoms with E-state index in [9.17, 15) is 19.5 Å². The average molecular weight is 406 g/mol. The Labute approximate surface area is 171 Å². The molecule has 1 aliphatic carbocycles. The number of hydrogen-bond donors (Lipinski definition) is 1. The molecule has 7 heteroatoms. The second-order valence-electron chi connectivity index (χ2n) is 7.40. The molecule has 0 heterocycles. The van der Waals surface area contributed by atoms with Gasteiger partial charge in [0.25, 0.3) is 0 Å². The number of hydrogen-bond acceptors (Lipinski definition) is 7. The van der Waals surface area contributed by atoms with E-state index >= 15 is 0 Å². The van der Waals surface area contributed by atoms with Gasteiger partial charge in [-0.1, -0.05) is 19.1 Å². The minimum absolute atomic E-state index is 0.111. The van der Waals surface area contributed by atoms with Gasteiger partial charge < -0.3 is 19.3 Å². The molecule has 0 aromatic heterocycles. The van der Waals surface area contributed by atoms with Gasteiger partial charge >= 0.3 is 11.9 Å². The molecule has 160 valence electrons. The second-order valence-corrected chi connectivity index (χ2v) is 7.40. The Morgan fingerprint density at radius 3 is 2.21 bits per heavy atom. The second kappa shape index (κ2) is 9.87. The first-order valence-electron chi connectivity index (χ1n) is 10.1. The highest BCUT2D eigenvalue weighted by Crippen LogP contribution is 2.47. The van der Waals surface area contributed by atoms with E-state index < -0.39 is 41.1 Å². The first-order chi connectivity index (χ1) is 13.8. The third-order valence-corrected chi connectivity index (χ3v) is 5.09. The molecular formula is C22H30O7. The van der Waals surface area contributed by atoms with Crippen molar-refractivity contribution in [3.05, 3.63) is 29.8 Å². The van der Waals surface area contributed by atoms with Crippen LogP contribution in [0.5, 0.6) is 5.75 Å². The smallest absolute Gasteiger partial charge is 0.317 e. The van der Waals surface area contributed by atoms with E-state index in [-0.39, 0.29) is 19.6 Å². The third kappa shape index (κ3) is 5.15. The van der Waals surface area contributed by atoms with Crippen LogP contribution in [0.2, 0.25) is 0 Å². The highest BCUT2D eigenvalue weighted by molar-refractivity contribution is 6.02. The Morgan fingerprint density at radius 2 is 1.66 bits per heavy atom. The lowest BCUT2D eigenvalue weighted by molar-refractivity contribution is -0.172. The quantitative estimate of drug-likeness (QED) is 0.523. The number of ketones is 1. The molecule has 7 nitrogen and oxygen atoms in total. The fourth-order valence-corrected chi connectivity index (χ4v) is 3.89. The number of esters is 2. The van der Waals surface area contributed by atoms with Crippen molar-refractivity contribution in [3.8, 4) is 5.75 Å². The number of benzene rings is 1. The van der Waals surface area contributed by atoms with Crippen LogP contribution in [0.4, 0.5) is 0 Å². The van der Waals surface area contributed by atoms with Gasteiger partial charge in [0.1, 0.15) is 11.7 Å². The summed E-state index contributed by atoms with van der Waals surface area (Å²) in [6, 6.07) is 6.87. The van der Waals surface area contributed by atoms with Gasteiger partial charge in [-0.25, -0.2) is 0 Å². The lowest BCUT2D eigenvalue weighted by atomic mass is 9.61. The zero-order valence-corrected chi connectivity index (χ0v) is 17.5. The normalized spacial score (nSPS) is 26.7. The molecule has 4 atom stereocenters. The van der Waals surface area contributed by atoms with Crippen LogP contribution in [-0.4, -0.2) is 48.3 Å². The summed E-state index contributed by atoms with van der Waals surface area (Å²) in [5, 5.41) is 10.9. The van der Waals surface area contributed by atoms with Crippen molar-refractivity contribution in [3.63, 3.8) is 0 Å². The van der Waals surface area contributed by atoms with E-state index in [1.807, 2.05) is 6.92 Å². The van der Waals surface area contributed by atoms with Crippen LogP contribution in [0.15, 0.2) is 24.3 Å². The van der Waals surface area contributed by atoms with Crippen molar-refractivity contribution in [1.29, 1.82) is 0 Å². The fraction of sp³-hybridized carbons (Fsp3) is 0.591. The van der Waals surface area contributed by atoms with Crippen LogP contribution < -0.4 is 4.74 Å². The summed E-state index contributed by atoms with van der Waals surface area (Å²) in [6.45, 7) is 7.54. The molecule has 2 rings (SSSR count). The van der Waals surface area contributed by atoms with E-state index in [4.69, 9.17) is 14.2 Å². The van der Waals surface area contributed by atoms with E-state index in [2.05, 4.69) is 0 Å². The van der Waals surface area contributed by atoms with Gasteiger partial charge in [0.15, 0.2) is 5.78 Å². The molecule has 1 aliphatic rings. The van der Waals surface area contributed by atoms with Crippen LogP contribution in [-0.2, 0) is 23.9 Å². The van der Waals surface area contributed by atoms with Crippen LogP contribution in [0.1, 0.15) is 52.0 Å². The maximum atomic E-state index is 12.8. The minimum atomic E-state index is -1.64. The number of carbonyl (C=O) groups is 3. The molecular weight excluding hydrogens is 376 g/mol. The van der Waals surface area contributed by atoms with Crippen LogP contribution in [0.3, 0.4) is 0 Å². The van der Waals surface area contributed by atoms with Gasteiger partial charge in [0, 0.05) is 12.3 Å². The zero-order valence-electron chi connectivity index (χ0n) is 17.5. The monoisotopic (exact) mass is 406 g/mol. The van der Waals surface area contributed by atoms with E-state index in [0.29, 0.717) is 17.9 Å². The largest absolute Gasteiger partial charge is 0.494 e. The summed E-state index contributed by atoms with van der Waals surface area (Å²) in [6.07, 6.45) is 0.533. The molecule has 29 heavy (non-hydrogen) atoms. The average Bonchev–Trinajstić information content (AvgIpc) is 2.65. The first kappa shape index (κ1) is 22.9. The molecule has 1 aromatic carbocycles. The van der Waals surface area contributed by atoms with Crippen LogP contribution in [0, 0.1) is 11.8 Å². The Bertz CT molecular complexity index is 723. The van der Waals surface area contributed by atoms with Crippen molar-refractivity contribution >= 4 is 17.7 Å². The lowest BCUT2D eigenvalue weighted by Gasteiger charge is -2.43. The molecule has 1 N–H and O–H groups in total. The number of carbonyl (C=O) groups excluding carboxylic acids is 3. The molecule has 0 spiro atoms. The molecule has 0 saturated heterocycles. The number of aliphatic hydroxyl groups is 1. The maximum Gasteiger partial charge on any atom is 0.317 e. The van der Waals surface area contributed by atoms with Crippen LogP contribution >= 0.6 is 0 Å². The van der Waals surface area contributed by atoms with Crippen molar-refractivity contribution in [1.82, 2.24) is 0 Å². The van der Waals surface area contributed by atoms with Crippen molar-refractivity contribution in [2.24, 2.45) is 11.8 Å². The number of ether oxygens (including phenoxy) is 3. The van der Waals surface area contributed by atoms with Crippen molar-refractivity contribution < 1.29 is 33.7 Å². The fourth-order valence-electron chi connectivity index (χ4n) is 3.89. The van der Waals surface area contributed by atoms with E-state index in [0.717, 1.165) is 6.42 Å². The molecule has 0 radical (unpaired) electrons. The summed E-state index contributed by atoms with van der Waals surface area (Å²) in [5.41, 5.74) is -1.08. The Morgan fingerprint density at radius 1 is 1.07 bits per heavy atom. The van der Waals surface area contributed by atoms with Gasteiger partial charge in [0.05, 0.1) is 31.3 Å². The predicted octanol–water partition coefficient (Wildman–Crippen LogP) is 2.64. The molecule has 1 fully saturated rings. The van der Waals surface area contributed by atoms with Gasteiger partial charge in [-0.15, -0.1) is 0 Å². The maximum absolute atomic E-state index is 12.8. The Hall–Kier alpha value is -2.41. The summed E-state index contributed by atoms with van der Waals surface area (Å²) >= 11 is 0. The molecule has 0 unspecified atom stereocenters. The molecule has 0 aliphatic heterocycles. The molecule has 0 bridgehead atoms. The summed E-state index contributed by atoms with van der Waals surface area (Å²) < 4.78 is 15.9. The van der Waals surface area contributed by atoms with E-state index in [1.165, 1.54) is 6.92 Å². The number of rotatable bonds is 8. The van der Waals surface area contributed by atoms with Gasteiger partial charge in [-0.2, -0.15) is 0 Å².